The molecule has 19 heavy (non-hydrogen) atoms. The molecule has 1 atom stereocenters. The van der Waals surface area contributed by atoms with Crippen molar-refractivity contribution in [2.45, 2.75) is 33.2 Å². The van der Waals surface area contributed by atoms with E-state index in [4.69, 9.17) is 4.74 Å². The van der Waals surface area contributed by atoms with Crippen LogP contribution in [0, 0.1) is 5.92 Å². The highest BCUT2D eigenvalue weighted by Gasteiger charge is 2.37. The van der Waals surface area contributed by atoms with Crippen LogP contribution in [0.15, 0.2) is 28.7 Å². The fraction of sp³-hybridized carbons (Fsp3) is 0.533. The second-order valence-electron chi connectivity index (χ2n) is 5.10. The van der Waals surface area contributed by atoms with Crippen molar-refractivity contribution in [2.75, 3.05) is 13.2 Å². The van der Waals surface area contributed by atoms with Gasteiger partial charge in [-0.05, 0) is 37.9 Å². The Morgan fingerprint density at radius 1 is 1.42 bits per heavy atom. The molecule has 0 heterocycles. The van der Waals surface area contributed by atoms with Gasteiger partial charge in [-0.2, -0.15) is 0 Å². The lowest BCUT2D eigenvalue weighted by atomic mass is 9.91. The number of halogens is 1. The first kappa shape index (κ1) is 16.2. The number of rotatable bonds is 6. The topological polar surface area (TPSA) is 38.3 Å². The molecule has 1 unspecified atom stereocenters. The normalized spacial score (nSPS) is 14.2. The van der Waals surface area contributed by atoms with E-state index in [2.05, 4.69) is 35.1 Å². The molecule has 3 nitrogen and oxygen atoms in total. The summed E-state index contributed by atoms with van der Waals surface area (Å²) in [5, 5.41) is 3.33. The minimum atomic E-state index is -0.833. The second kappa shape index (κ2) is 7.06. The maximum atomic E-state index is 12.3. The van der Waals surface area contributed by atoms with Crippen LogP contribution in [0.25, 0.3) is 0 Å². The van der Waals surface area contributed by atoms with E-state index in [1.54, 1.807) is 0 Å². The molecule has 0 aliphatic carbocycles. The molecule has 0 bridgehead atoms. The molecule has 1 aromatic rings. The molecule has 1 N–H and O–H groups in total. The van der Waals surface area contributed by atoms with Gasteiger partial charge in [0.15, 0.2) is 0 Å². The lowest BCUT2D eigenvalue weighted by molar-refractivity contribution is -0.151. The number of hydrogen-bond acceptors (Lipinski definition) is 3. The van der Waals surface area contributed by atoms with Crippen molar-refractivity contribution < 1.29 is 9.53 Å². The van der Waals surface area contributed by atoms with Gasteiger partial charge in [0.05, 0.1) is 6.61 Å². The van der Waals surface area contributed by atoms with Gasteiger partial charge in [0.2, 0.25) is 0 Å². The summed E-state index contributed by atoms with van der Waals surface area (Å²) >= 11 is 3.51. The molecule has 0 aromatic heterocycles. The molecule has 1 rings (SSSR count). The first-order valence-corrected chi connectivity index (χ1v) is 7.38. The van der Waals surface area contributed by atoms with Crippen LogP contribution >= 0.6 is 15.9 Å². The van der Waals surface area contributed by atoms with Crippen molar-refractivity contribution in [1.29, 1.82) is 0 Å². The lowest BCUT2D eigenvalue weighted by Crippen LogP contribution is -2.49. The number of ether oxygens (including phenoxy) is 1. The van der Waals surface area contributed by atoms with Crippen molar-refractivity contribution >= 4 is 21.9 Å². The predicted octanol–water partition coefficient (Wildman–Crippen LogP) is 3.47. The molecule has 0 aliphatic heterocycles. The molecule has 0 spiro atoms. The van der Waals surface area contributed by atoms with Gasteiger partial charge in [-0.15, -0.1) is 0 Å². The molecular formula is C15H22BrNO2. The number of nitrogens with one attached hydrogen (secondary N) is 1. The first-order valence-electron chi connectivity index (χ1n) is 6.59. The van der Waals surface area contributed by atoms with Crippen molar-refractivity contribution in [3.8, 4) is 0 Å². The third-order valence-corrected chi connectivity index (χ3v) is 3.65. The number of carbonyl (C=O) groups excluding carboxylic acids is 1. The van der Waals surface area contributed by atoms with Crippen molar-refractivity contribution in [3.63, 3.8) is 0 Å². The van der Waals surface area contributed by atoms with Gasteiger partial charge in [-0.3, -0.25) is 5.32 Å². The van der Waals surface area contributed by atoms with Crippen molar-refractivity contribution in [3.05, 3.63) is 34.3 Å². The van der Waals surface area contributed by atoms with Gasteiger partial charge in [-0.25, -0.2) is 4.79 Å². The average molecular weight is 328 g/mol. The van der Waals surface area contributed by atoms with Crippen LogP contribution in [0.1, 0.15) is 33.3 Å². The molecule has 0 aliphatic rings. The SMILES string of the molecule is CCOC(=O)C(C)(NCC(C)C)c1ccccc1Br. The molecule has 4 heteroatoms. The number of esters is 1. The van der Waals surface area contributed by atoms with E-state index in [0.717, 1.165) is 16.6 Å². The van der Waals surface area contributed by atoms with Gasteiger partial charge < -0.3 is 4.74 Å². The lowest BCUT2D eigenvalue weighted by Gasteiger charge is -2.30. The van der Waals surface area contributed by atoms with Gasteiger partial charge in [0.1, 0.15) is 5.54 Å². The van der Waals surface area contributed by atoms with Crippen LogP contribution in [0.4, 0.5) is 0 Å². The van der Waals surface area contributed by atoms with Gasteiger partial charge >= 0.3 is 5.97 Å². The minimum Gasteiger partial charge on any atom is -0.464 e. The summed E-state index contributed by atoms with van der Waals surface area (Å²) in [5.41, 5.74) is 0.0644. The highest BCUT2D eigenvalue weighted by atomic mass is 79.9. The summed E-state index contributed by atoms with van der Waals surface area (Å²) in [6, 6.07) is 7.73. The van der Waals surface area contributed by atoms with Gasteiger partial charge in [0.25, 0.3) is 0 Å². The average Bonchev–Trinajstić information content (AvgIpc) is 2.36. The highest BCUT2D eigenvalue weighted by molar-refractivity contribution is 9.10. The number of carbonyl (C=O) groups is 1. The summed E-state index contributed by atoms with van der Waals surface area (Å²) in [5.74, 6) is 0.207. The Morgan fingerprint density at radius 3 is 2.58 bits per heavy atom. The van der Waals surface area contributed by atoms with E-state index < -0.39 is 5.54 Å². The Labute approximate surface area is 123 Å². The highest BCUT2D eigenvalue weighted by Crippen LogP contribution is 2.29. The summed E-state index contributed by atoms with van der Waals surface area (Å²) in [6.07, 6.45) is 0. The van der Waals surface area contributed by atoms with E-state index in [1.807, 2.05) is 38.1 Å². The Kier molecular flexibility index (Phi) is 6.01. The fourth-order valence-corrected chi connectivity index (χ4v) is 2.51. The summed E-state index contributed by atoms with van der Waals surface area (Å²) in [7, 11) is 0. The van der Waals surface area contributed by atoms with Crippen LogP contribution in [-0.4, -0.2) is 19.1 Å². The molecular weight excluding hydrogens is 306 g/mol. The van der Waals surface area contributed by atoms with E-state index in [0.29, 0.717) is 12.5 Å². The zero-order valence-electron chi connectivity index (χ0n) is 12.0. The van der Waals surface area contributed by atoms with E-state index in [1.165, 1.54) is 0 Å². The Bertz CT molecular complexity index is 434. The van der Waals surface area contributed by atoms with E-state index in [-0.39, 0.29) is 5.97 Å². The summed E-state index contributed by atoms with van der Waals surface area (Å²) in [4.78, 5) is 12.3. The fourth-order valence-electron chi connectivity index (χ4n) is 1.83. The van der Waals surface area contributed by atoms with E-state index >= 15 is 0 Å². The van der Waals surface area contributed by atoms with Gasteiger partial charge in [0, 0.05) is 4.47 Å². The zero-order chi connectivity index (χ0) is 14.5. The molecule has 1 aromatic carbocycles. The van der Waals surface area contributed by atoms with E-state index in [9.17, 15) is 4.79 Å². The maximum Gasteiger partial charge on any atom is 0.330 e. The van der Waals surface area contributed by atoms with Crippen LogP contribution < -0.4 is 5.32 Å². The van der Waals surface area contributed by atoms with Crippen LogP contribution in [0.2, 0.25) is 0 Å². The molecule has 106 valence electrons. The van der Waals surface area contributed by atoms with Crippen LogP contribution in [0.5, 0.6) is 0 Å². The van der Waals surface area contributed by atoms with Gasteiger partial charge in [-0.1, -0.05) is 48.0 Å². The number of hydrogen-bond donors (Lipinski definition) is 1. The largest absolute Gasteiger partial charge is 0.464 e. The maximum absolute atomic E-state index is 12.3. The first-order chi connectivity index (χ1) is 8.91. The minimum absolute atomic E-state index is 0.248. The molecule has 0 saturated heterocycles. The van der Waals surface area contributed by atoms with Crippen LogP contribution in [-0.2, 0) is 15.1 Å². The smallest absolute Gasteiger partial charge is 0.330 e. The molecule has 0 saturated carbocycles. The number of benzene rings is 1. The third kappa shape index (κ3) is 4.05. The monoisotopic (exact) mass is 327 g/mol. The summed E-state index contributed by atoms with van der Waals surface area (Å²) in [6.45, 7) is 9.03. The Hall–Kier alpha value is -0.870. The van der Waals surface area contributed by atoms with Crippen molar-refractivity contribution in [1.82, 2.24) is 5.32 Å². The Balaban J connectivity index is 3.11. The molecule has 0 radical (unpaired) electrons. The quantitative estimate of drug-likeness (QED) is 0.813. The molecule has 0 fully saturated rings. The van der Waals surface area contributed by atoms with Crippen molar-refractivity contribution in [2.24, 2.45) is 5.92 Å². The van der Waals surface area contributed by atoms with Crippen LogP contribution in [0.3, 0.4) is 0 Å². The zero-order valence-corrected chi connectivity index (χ0v) is 13.6. The standard InChI is InChI=1S/C15H22BrNO2/c1-5-19-14(18)15(4,17-10-11(2)3)12-8-6-7-9-13(12)16/h6-9,11,17H,5,10H2,1-4H3. The molecule has 0 amide bonds. The third-order valence-electron chi connectivity index (χ3n) is 2.96. The predicted molar refractivity (Wildman–Crippen MR) is 81.0 cm³/mol. The summed E-state index contributed by atoms with van der Waals surface area (Å²) < 4.78 is 6.13. The Morgan fingerprint density at radius 2 is 2.05 bits per heavy atom. The second-order valence-corrected chi connectivity index (χ2v) is 5.95.